The molecule has 2 rings (SSSR count). The second kappa shape index (κ2) is 5.77. The standard InChI is InChI=1S/C13H19N5O2/c1-4-20-13(19)11-12(14)18(10(3)16-11)6-5-17-8-9(2)7-15-17/h7-8H,4-6,14H2,1-3H3. The van der Waals surface area contributed by atoms with Gasteiger partial charge in [-0.1, -0.05) is 0 Å². The number of hydrogen-bond acceptors (Lipinski definition) is 5. The maximum atomic E-state index is 11.7. The van der Waals surface area contributed by atoms with Gasteiger partial charge >= 0.3 is 5.97 Å². The van der Waals surface area contributed by atoms with E-state index in [9.17, 15) is 4.79 Å². The van der Waals surface area contributed by atoms with Gasteiger partial charge in [0.1, 0.15) is 11.6 Å². The summed E-state index contributed by atoms with van der Waals surface area (Å²) in [5.74, 6) is 0.543. The van der Waals surface area contributed by atoms with Gasteiger partial charge in [0.15, 0.2) is 5.69 Å². The van der Waals surface area contributed by atoms with Crippen LogP contribution in [0.1, 0.15) is 28.8 Å². The molecule has 7 heteroatoms. The molecular formula is C13H19N5O2. The van der Waals surface area contributed by atoms with E-state index in [2.05, 4.69) is 10.1 Å². The highest BCUT2D eigenvalue weighted by Gasteiger charge is 2.19. The van der Waals surface area contributed by atoms with Crippen molar-refractivity contribution in [3.05, 3.63) is 29.5 Å². The Morgan fingerprint density at radius 3 is 2.75 bits per heavy atom. The van der Waals surface area contributed by atoms with Gasteiger partial charge < -0.3 is 15.0 Å². The van der Waals surface area contributed by atoms with Crippen molar-refractivity contribution < 1.29 is 9.53 Å². The van der Waals surface area contributed by atoms with E-state index in [1.807, 2.05) is 24.7 Å². The Balaban J connectivity index is 2.14. The number of nitrogens with two attached hydrogens (primary N) is 1. The molecule has 0 amide bonds. The largest absolute Gasteiger partial charge is 0.461 e. The summed E-state index contributed by atoms with van der Waals surface area (Å²) >= 11 is 0. The summed E-state index contributed by atoms with van der Waals surface area (Å²) < 4.78 is 8.56. The first kappa shape index (κ1) is 14.1. The second-order valence-electron chi connectivity index (χ2n) is 4.55. The molecule has 0 radical (unpaired) electrons. The Kier molecular flexibility index (Phi) is 4.07. The number of carbonyl (C=O) groups excluding carboxylic acids is 1. The lowest BCUT2D eigenvalue weighted by molar-refractivity contribution is 0.0521. The number of aryl methyl sites for hydroxylation is 3. The lowest BCUT2D eigenvalue weighted by atomic mass is 10.4. The van der Waals surface area contributed by atoms with Gasteiger partial charge in [-0.2, -0.15) is 5.10 Å². The average Bonchev–Trinajstić information content (AvgIpc) is 2.92. The molecule has 0 aliphatic rings. The Morgan fingerprint density at radius 2 is 2.15 bits per heavy atom. The molecule has 2 heterocycles. The maximum absolute atomic E-state index is 11.7. The summed E-state index contributed by atoms with van der Waals surface area (Å²) in [6.07, 6.45) is 3.75. The second-order valence-corrected chi connectivity index (χ2v) is 4.55. The van der Waals surface area contributed by atoms with Gasteiger partial charge in [0.25, 0.3) is 0 Å². The number of carbonyl (C=O) groups is 1. The van der Waals surface area contributed by atoms with Crippen molar-refractivity contribution >= 4 is 11.8 Å². The number of esters is 1. The van der Waals surface area contributed by atoms with Crippen LogP contribution in [0, 0.1) is 13.8 Å². The molecule has 0 aromatic carbocycles. The Bertz CT molecular complexity index is 614. The van der Waals surface area contributed by atoms with E-state index in [1.165, 1.54) is 0 Å². The van der Waals surface area contributed by atoms with Gasteiger partial charge in [0.2, 0.25) is 0 Å². The highest BCUT2D eigenvalue weighted by molar-refractivity contribution is 5.92. The van der Waals surface area contributed by atoms with Crippen molar-refractivity contribution in [1.29, 1.82) is 0 Å². The molecule has 0 unspecified atom stereocenters. The molecule has 0 saturated carbocycles. The van der Waals surface area contributed by atoms with Crippen LogP contribution in [0.3, 0.4) is 0 Å². The molecular weight excluding hydrogens is 258 g/mol. The van der Waals surface area contributed by atoms with Crippen LogP contribution in [0.25, 0.3) is 0 Å². The number of anilines is 1. The Hall–Kier alpha value is -2.31. The fraction of sp³-hybridized carbons (Fsp3) is 0.462. The number of nitrogens with zero attached hydrogens (tertiary/aromatic N) is 4. The molecule has 2 aromatic heterocycles. The van der Waals surface area contributed by atoms with Gasteiger partial charge in [-0.25, -0.2) is 9.78 Å². The van der Waals surface area contributed by atoms with Gasteiger partial charge in [-0.05, 0) is 26.3 Å². The van der Waals surface area contributed by atoms with E-state index in [1.54, 1.807) is 17.7 Å². The fourth-order valence-corrected chi connectivity index (χ4v) is 2.01. The molecule has 0 spiro atoms. The third-order valence-corrected chi connectivity index (χ3v) is 2.98. The summed E-state index contributed by atoms with van der Waals surface area (Å²) in [5.41, 5.74) is 7.26. The van der Waals surface area contributed by atoms with Crippen molar-refractivity contribution in [3.8, 4) is 0 Å². The van der Waals surface area contributed by atoms with Crippen LogP contribution in [-0.4, -0.2) is 31.9 Å². The summed E-state index contributed by atoms with van der Waals surface area (Å²) in [6.45, 7) is 7.12. The average molecular weight is 277 g/mol. The first-order valence-corrected chi connectivity index (χ1v) is 6.51. The molecule has 2 aromatic rings. The molecule has 0 fully saturated rings. The van der Waals surface area contributed by atoms with Crippen LogP contribution in [-0.2, 0) is 17.8 Å². The molecule has 0 saturated heterocycles. The number of rotatable bonds is 5. The molecule has 0 aliphatic carbocycles. The predicted octanol–water partition coefficient (Wildman–Crippen LogP) is 1.16. The molecule has 0 aliphatic heterocycles. The smallest absolute Gasteiger partial charge is 0.360 e. The molecule has 0 bridgehead atoms. The van der Waals surface area contributed by atoms with E-state index < -0.39 is 5.97 Å². The van der Waals surface area contributed by atoms with E-state index in [0.717, 1.165) is 5.56 Å². The summed E-state index contributed by atoms with van der Waals surface area (Å²) in [4.78, 5) is 15.9. The molecule has 7 nitrogen and oxygen atoms in total. The maximum Gasteiger partial charge on any atom is 0.360 e. The van der Waals surface area contributed by atoms with Crippen molar-refractivity contribution in [2.24, 2.45) is 0 Å². The number of hydrogen-bond donors (Lipinski definition) is 1. The minimum Gasteiger partial charge on any atom is -0.461 e. The zero-order chi connectivity index (χ0) is 14.7. The van der Waals surface area contributed by atoms with Crippen LogP contribution in [0.15, 0.2) is 12.4 Å². The molecule has 20 heavy (non-hydrogen) atoms. The highest BCUT2D eigenvalue weighted by Crippen LogP contribution is 2.15. The number of ether oxygens (including phenoxy) is 1. The van der Waals surface area contributed by atoms with Gasteiger partial charge in [0.05, 0.1) is 19.3 Å². The Morgan fingerprint density at radius 1 is 1.40 bits per heavy atom. The van der Waals surface area contributed by atoms with E-state index in [-0.39, 0.29) is 5.69 Å². The van der Waals surface area contributed by atoms with Crippen LogP contribution in [0.5, 0.6) is 0 Å². The van der Waals surface area contributed by atoms with Crippen molar-refractivity contribution in [3.63, 3.8) is 0 Å². The van der Waals surface area contributed by atoms with Crippen molar-refractivity contribution in [2.45, 2.75) is 33.9 Å². The highest BCUT2D eigenvalue weighted by atomic mass is 16.5. The summed E-state index contributed by atoms with van der Waals surface area (Å²) in [5, 5.41) is 4.21. The summed E-state index contributed by atoms with van der Waals surface area (Å²) in [6, 6.07) is 0. The van der Waals surface area contributed by atoms with Crippen LogP contribution in [0.2, 0.25) is 0 Å². The zero-order valence-corrected chi connectivity index (χ0v) is 12.0. The van der Waals surface area contributed by atoms with Crippen molar-refractivity contribution in [2.75, 3.05) is 12.3 Å². The first-order valence-electron chi connectivity index (χ1n) is 6.51. The molecule has 108 valence electrons. The fourth-order valence-electron chi connectivity index (χ4n) is 2.01. The minimum atomic E-state index is -0.484. The Labute approximate surface area is 117 Å². The normalized spacial score (nSPS) is 10.8. The summed E-state index contributed by atoms with van der Waals surface area (Å²) in [7, 11) is 0. The number of nitrogen functional groups attached to an aromatic ring is 1. The number of imidazole rings is 1. The van der Waals surface area contributed by atoms with Crippen LogP contribution >= 0.6 is 0 Å². The van der Waals surface area contributed by atoms with Crippen LogP contribution in [0.4, 0.5) is 5.82 Å². The van der Waals surface area contributed by atoms with Gasteiger partial charge in [0, 0.05) is 12.7 Å². The lowest BCUT2D eigenvalue weighted by Gasteiger charge is -2.07. The van der Waals surface area contributed by atoms with E-state index in [4.69, 9.17) is 10.5 Å². The van der Waals surface area contributed by atoms with Crippen molar-refractivity contribution in [1.82, 2.24) is 19.3 Å². The SMILES string of the molecule is CCOC(=O)c1nc(C)n(CCn2cc(C)cn2)c1N. The van der Waals surface area contributed by atoms with Gasteiger partial charge in [-0.15, -0.1) is 0 Å². The topological polar surface area (TPSA) is 88.0 Å². The lowest BCUT2D eigenvalue weighted by Crippen LogP contribution is -2.13. The predicted molar refractivity (Wildman–Crippen MR) is 74.3 cm³/mol. The van der Waals surface area contributed by atoms with E-state index >= 15 is 0 Å². The molecule has 0 atom stereocenters. The minimum absolute atomic E-state index is 0.181. The number of aromatic nitrogens is 4. The quantitative estimate of drug-likeness (QED) is 0.828. The van der Waals surface area contributed by atoms with E-state index in [0.29, 0.717) is 31.3 Å². The first-order chi connectivity index (χ1) is 9.52. The van der Waals surface area contributed by atoms with Gasteiger partial charge in [-0.3, -0.25) is 4.68 Å². The third-order valence-electron chi connectivity index (χ3n) is 2.98. The third kappa shape index (κ3) is 2.81. The van der Waals surface area contributed by atoms with Crippen LogP contribution < -0.4 is 5.73 Å². The zero-order valence-electron chi connectivity index (χ0n) is 12.0. The monoisotopic (exact) mass is 277 g/mol. The molecule has 2 N–H and O–H groups in total.